The number of unbranched alkanes of at least 4 members (excludes halogenated alkanes) is 38. The van der Waals surface area contributed by atoms with Crippen LogP contribution in [-0.4, -0.2) is 70.7 Å². The second-order valence-electron chi connectivity index (χ2n) is 20.0. The summed E-state index contributed by atoms with van der Waals surface area (Å²) in [7, 11) is 1.38. The van der Waals surface area contributed by atoms with Gasteiger partial charge in [-0.15, -0.1) is 0 Å². The number of likely N-dealkylation sites (N-methyl/N-ethyl adjacent to an activating group) is 1. The summed E-state index contributed by atoms with van der Waals surface area (Å²) < 4.78 is 34.8. The highest BCUT2D eigenvalue weighted by atomic mass is 31.2. The SMILES string of the molecule is CCCCCCCCCCCCCCCCCCCCCCCCCCCOCC(COP(=O)([O-])OCC[N+](C)(C)C)OC(=O)CCCCCCCCCCCCCCCCC. The topological polar surface area (TPSA) is 94.1 Å². The molecule has 0 spiro atoms. The molecule has 0 N–H and O–H groups in total. The number of phosphoric acid groups is 1. The van der Waals surface area contributed by atoms with Gasteiger partial charge in [0.2, 0.25) is 0 Å². The quantitative estimate of drug-likeness (QED) is 0.0260. The Labute approximate surface area is 387 Å². The number of hydrogen-bond acceptors (Lipinski definition) is 7. The molecule has 0 aliphatic heterocycles. The van der Waals surface area contributed by atoms with E-state index in [1.165, 1.54) is 225 Å². The molecule has 0 aliphatic carbocycles. The summed E-state index contributed by atoms with van der Waals surface area (Å²) in [5, 5.41) is 0. The Balaban J connectivity index is 3.99. The zero-order valence-corrected chi connectivity index (χ0v) is 43.3. The van der Waals surface area contributed by atoms with Gasteiger partial charge in [0.1, 0.15) is 19.3 Å². The van der Waals surface area contributed by atoms with E-state index in [4.69, 9.17) is 18.5 Å². The van der Waals surface area contributed by atoms with Crippen molar-refractivity contribution >= 4 is 13.8 Å². The Morgan fingerprint density at radius 3 is 1.06 bits per heavy atom. The van der Waals surface area contributed by atoms with Gasteiger partial charge in [0, 0.05) is 13.0 Å². The predicted molar refractivity (Wildman–Crippen MR) is 264 cm³/mol. The summed E-state index contributed by atoms with van der Waals surface area (Å²) >= 11 is 0. The Hall–Kier alpha value is -0.500. The first-order chi connectivity index (χ1) is 30.1. The average molecular weight is 902 g/mol. The van der Waals surface area contributed by atoms with Gasteiger partial charge in [-0.05, 0) is 12.8 Å². The lowest BCUT2D eigenvalue weighted by Gasteiger charge is -2.28. The highest BCUT2D eigenvalue weighted by Gasteiger charge is 2.20. The lowest BCUT2D eigenvalue weighted by Crippen LogP contribution is -2.37. The number of quaternary nitrogens is 1. The second kappa shape index (κ2) is 47.0. The minimum absolute atomic E-state index is 0.0318. The molecular formula is C53H108NO7P. The van der Waals surface area contributed by atoms with Crippen molar-refractivity contribution in [3.63, 3.8) is 0 Å². The lowest BCUT2D eigenvalue weighted by atomic mass is 10.0. The van der Waals surface area contributed by atoms with Crippen molar-refractivity contribution in [3.8, 4) is 0 Å². The number of nitrogens with zero attached hydrogens (tertiary/aromatic N) is 1. The van der Waals surface area contributed by atoms with E-state index in [-0.39, 0.29) is 25.8 Å². The molecule has 0 amide bonds. The van der Waals surface area contributed by atoms with Crippen LogP contribution in [0.15, 0.2) is 0 Å². The molecular weight excluding hydrogens is 794 g/mol. The van der Waals surface area contributed by atoms with Crippen LogP contribution in [0.3, 0.4) is 0 Å². The third-order valence-corrected chi connectivity index (χ3v) is 13.4. The number of ether oxygens (including phenoxy) is 2. The molecule has 0 fully saturated rings. The van der Waals surface area contributed by atoms with E-state index in [1.807, 2.05) is 21.1 Å². The zero-order valence-electron chi connectivity index (χ0n) is 42.4. The molecule has 0 aromatic heterocycles. The van der Waals surface area contributed by atoms with E-state index >= 15 is 0 Å². The van der Waals surface area contributed by atoms with Crippen molar-refractivity contribution in [1.82, 2.24) is 0 Å². The molecule has 0 aromatic carbocycles. The largest absolute Gasteiger partial charge is 0.756 e. The predicted octanol–water partition coefficient (Wildman–Crippen LogP) is 16.2. The molecule has 62 heavy (non-hydrogen) atoms. The summed E-state index contributed by atoms with van der Waals surface area (Å²) in [5.41, 5.74) is 0. The zero-order chi connectivity index (χ0) is 45.5. The molecule has 0 aromatic rings. The van der Waals surface area contributed by atoms with Crippen LogP contribution in [0.5, 0.6) is 0 Å². The van der Waals surface area contributed by atoms with Crippen LogP contribution in [0.1, 0.15) is 277 Å². The molecule has 2 unspecified atom stereocenters. The number of esters is 1. The van der Waals surface area contributed by atoms with Gasteiger partial charge in [-0.25, -0.2) is 0 Å². The van der Waals surface area contributed by atoms with Crippen LogP contribution in [0.2, 0.25) is 0 Å². The maximum Gasteiger partial charge on any atom is 0.306 e. The van der Waals surface area contributed by atoms with Gasteiger partial charge < -0.3 is 27.9 Å². The third-order valence-electron chi connectivity index (χ3n) is 12.4. The minimum atomic E-state index is -4.52. The van der Waals surface area contributed by atoms with Gasteiger partial charge >= 0.3 is 5.97 Å². The molecule has 0 heterocycles. The van der Waals surface area contributed by atoms with Crippen LogP contribution in [0, 0.1) is 0 Å². The fraction of sp³-hybridized carbons (Fsp3) is 0.981. The van der Waals surface area contributed by atoms with Crippen LogP contribution < -0.4 is 4.89 Å². The Morgan fingerprint density at radius 2 is 0.742 bits per heavy atom. The molecule has 0 radical (unpaired) electrons. The Morgan fingerprint density at radius 1 is 0.435 bits per heavy atom. The van der Waals surface area contributed by atoms with Gasteiger partial charge in [0.15, 0.2) is 0 Å². The normalized spacial score (nSPS) is 13.5. The number of rotatable bonds is 52. The highest BCUT2D eigenvalue weighted by molar-refractivity contribution is 7.45. The first-order valence-corrected chi connectivity index (χ1v) is 28.7. The summed E-state index contributed by atoms with van der Waals surface area (Å²) in [6.45, 7) is 5.50. The van der Waals surface area contributed by atoms with Crippen LogP contribution in [0.4, 0.5) is 0 Å². The van der Waals surface area contributed by atoms with Crippen LogP contribution in [-0.2, 0) is 27.9 Å². The van der Waals surface area contributed by atoms with E-state index in [2.05, 4.69) is 13.8 Å². The molecule has 9 heteroatoms. The first kappa shape index (κ1) is 61.5. The fourth-order valence-corrected chi connectivity index (χ4v) is 8.93. The van der Waals surface area contributed by atoms with Crippen LogP contribution in [0.25, 0.3) is 0 Å². The maximum absolute atomic E-state index is 12.7. The molecule has 0 saturated carbocycles. The van der Waals surface area contributed by atoms with Gasteiger partial charge in [0.05, 0.1) is 34.4 Å². The van der Waals surface area contributed by atoms with Crippen molar-refractivity contribution in [2.24, 2.45) is 0 Å². The standard InChI is InChI=1S/C53H108NO7P/c1-6-8-10-12-14-16-18-20-22-23-24-25-26-27-28-29-30-31-33-35-37-39-41-43-45-48-58-50-52(51-60-62(56,57)59-49-47-54(3,4)5)61-53(55)46-44-42-40-38-36-34-32-21-19-17-15-13-11-9-7-2/h52H,6-51H2,1-5H3. The maximum atomic E-state index is 12.7. The third kappa shape index (κ3) is 50.5. The molecule has 372 valence electrons. The van der Waals surface area contributed by atoms with Crippen LogP contribution >= 0.6 is 7.82 Å². The van der Waals surface area contributed by atoms with E-state index in [0.717, 1.165) is 32.1 Å². The van der Waals surface area contributed by atoms with Gasteiger partial charge in [-0.1, -0.05) is 258 Å². The molecule has 8 nitrogen and oxygen atoms in total. The molecule has 0 saturated heterocycles. The fourth-order valence-electron chi connectivity index (χ4n) is 8.20. The molecule has 0 rings (SSSR count). The highest BCUT2D eigenvalue weighted by Crippen LogP contribution is 2.38. The monoisotopic (exact) mass is 902 g/mol. The smallest absolute Gasteiger partial charge is 0.306 e. The van der Waals surface area contributed by atoms with Gasteiger partial charge in [-0.3, -0.25) is 9.36 Å². The van der Waals surface area contributed by atoms with E-state index in [1.54, 1.807) is 0 Å². The molecule has 0 aliphatic rings. The Bertz CT molecular complexity index is 961. The van der Waals surface area contributed by atoms with Crippen molar-refractivity contribution in [2.45, 2.75) is 283 Å². The minimum Gasteiger partial charge on any atom is -0.756 e. The number of carbonyl (C=O) groups is 1. The lowest BCUT2D eigenvalue weighted by molar-refractivity contribution is -0.870. The van der Waals surface area contributed by atoms with Crippen molar-refractivity contribution < 1.29 is 37.3 Å². The van der Waals surface area contributed by atoms with E-state index < -0.39 is 13.9 Å². The van der Waals surface area contributed by atoms with Crippen molar-refractivity contribution in [1.29, 1.82) is 0 Å². The molecule has 0 bridgehead atoms. The summed E-state index contributed by atoms with van der Waals surface area (Å²) in [6.07, 6.45) is 52.8. The Kier molecular flexibility index (Phi) is 46.6. The van der Waals surface area contributed by atoms with Crippen molar-refractivity contribution in [3.05, 3.63) is 0 Å². The number of hydrogen-bond donors (Lipinski definition) is 0. The summed E-state index contributed by atoms with van der Waals surface area (Å²) in [5.74, 6) is -0.325. The van der Waals surface area contributed by atoms with Gasteiger partial charge in [0.25, 0.3) is 7.82 Å². The van der Waals surface area contributed by atoms with E-state index in [9.17, 15) is 14.3 Å². The number of carbonyl (C=O) groups excluding carboxylic acids is 1. The second-order valence-corrected chi connectivity index (χ2v) is 21.4. The number of phosphoric ester groups is 1. The first-order valence-electron chi connectivity index (χ1n) is 27.3. The van der Waals surface area contributed by atoms with E-state index in [0.29, 0.717) is 24.1 Å². The summed E-state index contributed by atoms with van der Waals surface area (Å²) in [4.78, 5) is 25.2. The van der Waals surface area contributed by atoms with Crippen molar-refractivity contribution in [2.75, 3.05) is 54.1 Å². The summed E-state index contributed by atoms with van der Waals surface area (Å²) in [6, 6.07) is 0. The average Bonchev–Trinajstić information content (AvgIpc) is 3.23. The molecule has 2 atom stereocenters. The van der Waals surface area contributed by atoms with Gasteiger partial charge in [-0.2, -0.15) is 0 Å².